The molecule has 0 atom stereocenters. The summed E-state index contributed by atoms with van der Waals surface area (Å²) >= 11 is 3.39. The molecule has 0 heterocycles. The molecule has 2 aromatic rings. The van der Waals surface area contributed by atoms with E-state index >= 15 is 0 Å². The van der Waals surface area contributed by atoms with Gasteiger partial charge in [0.1, 0.15) is 5.75 Å². The Labute approximate surface area is 130 Å². The number of ether oxygens (including phenoxy) is 1. The average molecular weight is 349 g/mol. The maximum Gasteiger partial charge on any atom is 0.335 e. The zero-order chi connectivity index (χ0) is 15.2. The van der Waals surface area contributed by atoms with E-state index in [4.69, 9.17) is 9.84 Å². The molecule has 108 valence electrons. The molecular weight excluding hydrogens is 336 g/mol. The van der Waals surface area contributed by atoms with E-state index in [0.717, 1.165) is 10.0 Å². The monoisotopic (exact) mass is 348 g/mol. The highest BCUT2D eigenvalue weighted by atomic mass is 79.9. The van der Waals surface area contributed by atoms with Crippen molar-refractivity contribution in [3.63, 3.8) is 0 Å². The van der Waals surface area contributed by atoms with Crippen molar-refractivity contribution in [3.8, 4) is 5.75 Å². The first kappa shape index (κ1) is 15.1. The minimum Gasteiger partial charge on any atom is -0.496 e. The number of methoxy groups -OCH3 is 1. The second-order valence-electron chi connectivity index (χ2n) is 4.14. The Morgan fingerprint density at radius 1 is 1.29 bits per heavy atom. The SMILES string of the molecule is COc1ccc(Br)cc1/C=N/Nc1ccc(C(=O)O)cc1. The maximum atomic E-state index is 10.7. The number of rotatable bonds is 5. The quantitative estimate of drug-likeness (QED) is 0.639. The summed E-state index contributed by atoms with van der Waals surface area (Å²) in [5.74, 6) is -0.242. The molecular formula is C15H13BrN2O3. The van der Waals surface area contributed by atoms with Gasteiger partial charge in [0.05, 0.1) is 24.6 Å². The van der Waals surface area contributed by atoms with Crippen LogP contribution in [-0.2, 0) is 0 Å². The molecule has 0 radical (unpaired) electrons. The minimum atomic E-state index is -0.955. The van der Waals surface area contributed by atoms with Crippen molar-refractivity contribution in [2.24, 2.45) is 5.10 Å². The Balaban J connectivity index is 2.08. The number of hydrogen-bond acceptors (Lipinski definition) is 4. The number of nitrogens with one attached hydrogen (secondary N) is 1. The van der Waals surface area contributed by atoms with Gasteiger partial charge in [-0.2, -0.15) is 5.10 Å². The van der Waals surface area contributed by atoms with E-state index in [1.54, 1.807) is 25.5 Å². The van der Waals surface area contributed by atoms with Crippen molar-refractivity contribution in [3.05, 3.63) is 58.1 Å². The number of aromatic carboxylic acids is 1. The molecule has 0 fully saturated rings. The molecule has 0 saturated heterocycles. The van der Waals surface area contributed by atoms with Gasteiger partial charge in [-0.1, -0.05) is 15.9 Å². The van der Waals surface area contributed by atoms with E-state index in [1.807, 2.05) is 18.2 Å². The maximum absolute atomic E-state index is 10.7. The summed E-state index contributed by atoms with van der Waals surface area (Å²) in [6.07, 6.45) is 1.63. The molecule has 2 rings (SSSR count). The van der Waals surface area contributed by atoms with Gasteiger partial charge in [0, 0.05) is 10.0 Å². The van der Waals surface area contributed by atoms with E-state index in [1.165, 1.54) is 12.1 Å². The number of carbonyl (C=O) groups is 1. The van der Waals surface area contributed by atoms with Gasteiger partial charge in [-0.15, -0.1) is 0 Å². The van der Waals surface area contributed by atoms with Gasteiger partial charge in [-0.25, -0.2) is 4.79 Å². The summed E-state index contributed by atoms with van der Waals surface area (Å²) in [5, 5.41) is 12.9. The minimum absolute atomic E-state index is 0.234. The second kappa shape index (κ2) is 6.90. The van der Waals surface area contributed by atoms with Crippen LogP contribution in [0.1, 0.15) is 15.9 Å². The van der Waals surface area contributed by atoms with Crippen molar-refractivity contribution < 1.29 is 14.6 Å². The van der Waals surface area contributed by atoms with Crippen LogP contribution in [0.4, 0.5) is 5.69 Å². The largest absolute Gasteiger partial charge is 0.496 e. The van der Waals surface area contributed by atoms with E-state index in [0.29, 0.717) is 11.4 Å². The summed E-state index contributed by atoms with van der Waals surface area (Å²) in [5.41, 5.74) is 4.59. The highest BCUT2D eigenvalue weighted by Gasteiger charge is 2.02. The molecule has 2 aromatic carbocycles. The molecule has 0 aliphatic heterocycles. The van der Waals surface area contributed by atoms with Crippen molar-refractivity contribution in [2.45, 2.75) is 0 Å². The fourth-order valence-electron chi connectivity index (χ4n) is 1.67. The molecule has 0 unspecified atom stereocenters. The number of carboxylic acid groups (broad SMARTS) is 1. The topological polar surface area (TPSA) is 70.9 Å². The number of hydrogen-bond donors (Lipinski definition) is 2. The van der Waals surface area contributed by atoms with Crippen LogP contribution in [0.3, 0.4) is 0 Å². The van der Waals surface area contributed by atoms with E-state index in [2.05, 4.69) is 26.5 Å². The summed E-state index contributed by atoms with van der Waals surface area (Å²) in [4.78, 5) is 10.7. The lowest BCUT2D eigenvalue weighted by Crippen LogP contribution is -1.97. The number of carboxylic acids is 1. The lowest BCUT2D eigenvalue weighted by atomic mass is 10.2. The first-order chi connectivity index (χ1) is 10.1. The van der Waals surface area contributed by atoms with Gasteiger partial charge in [-0.05, 0) is 42.5 Å². The van der Waals surface area contributed by atoms with Crippen LogP contribution < -0.4 is 10.2 Å². The van der Waals surface area contributed by atoms with Crippen molar-refractivity contribution in [2.75, 3.05) is 12.5 Å². The van der Waals surface area contributed by atoms with Gasteiger partial charge >= 0.3 is 5.97 Å². The van der Waals surface area contributed by atoms with Crippen LogP contribution in [-0.4, -0.2) is 24.4 Å². The summed E-state index contributed by atoms with van der Waals surface area (Å²) < 4.78 is 6.17. The summed E-state index contributed by atoms with van der Waals surface area (Å²) in [6, 6.07) is 11.9. The highest BCUT2D eigenvalue weighted by Crippen LogP contribution is 2.21. The molecule has 0 saturated carbocycles. The predicted molar refractivity (Wildman–Crippen MR) is 85.3 cm³/mol. The zero-order valence-corrected chi connectivity index (χ0v) is 12.8. The Morgan fingerprint density at radius 2 is 2.00 bits per heavy atom. The zero-order valence-electron chi connectivity index (χ0n) is 11.2. The van der Waals surface area contributed by atoms with Crippen LogP contribution in [0.15, 0.2) is 52.0 Å². The van der Waals surface area contributed by atoms with Crippen LogP contribution >= 0.6 is 15.9 Å². The Bertz CT molecular complexity index is 669. The summed E-state index contributed by atoms with van der Waals surface area (Å²) in [7, 11) is 1.60. The number of benzene rings is 2. The number of hydrazone groups is 1. The lowest BCUT2D eigenvalue weighted by Gasteiger charge is -2.05. The van der Waals surface area contributed by atoms with Crippen molar-refractivity contribution in [1.82, 2.24) is 0 Å². The van der Waals surface area contributed by atoms with Gasteiger partial charge in [0.15, 0.2) is 0 Å². The fourth-order valence-corrected chi connectivity index (χ4v) is 2.05. The van der Waals surface area contributed by atoms with E-state index in [9.17, 15) is 4.79 Å². The average Bonchev–Trinajstić information content (AvgIpc) is 2.48. The van der Waals surface area contributed by atoms with Gasteiger partial charge in [0.2, 0.25) is 0 Å². The molecule has 2 N–H and O–H groups in total. The van der Waals surface area contributed by atoms with Gasteiger partial charge in [-0.3, -0.25) is 5.43 Å². The van der Waals surface area contributed by atoms with Crippen LogP contribution in [0.5, 0.6) is 5.75 Å². The lowest BCUT2D eigenvalue weighted by molar-refractivity contribution is 0.0697. The molecule has 6 heteroatoms. The molecule has 0 amide bonds. The predicted octanol–water partition coefficient (Wildman–Crippen LogP) is 3.60. The third-order valence-corrected chi connectivity index (χ3v) is 3.21. The Hall–Kier alpha value is -2.34. The summed E-state index contributed by atoms with van der Waals surface area (Å²) in [6.45, 7) is 0. The van der Waals surface area contributed by atoms with E-state index < -0.39 is 5.97 Å². The standard InChI is InChI=1S/C15H13BrN2O3/c1-21-14-7-4-12(16)8-11(14)9-17-18-13-5-2-10(3-6-13)15(19)20/h2-9,18H,1H3,(H,19,20)/b17-9+. The number of anilines is 1. The fraction of sp³-hybridized carbons (Fsp3) is 0.0667. The molecule has 21 heavy (non-hydrogen) atoms. The smallest absolute Gasteiger partial charge is 0.335 e. The third kappa shape index (κ3) is 4.06. The second-order valence-corrected chi connectivity index (χ2v) is 5.05. The molecule has 0 spiro atoms. The Kier molecular flexibility index (Phi) is 4.94. The third-order valence-electron chi connectivity index (χ3n) is 2.72. The number of nitrogens with zero attached hydrogens (tertiary/aromatic N) is 1. The highest BCUT2D eigenvalue weighted by molar-refractivity contribution is 9.10. The van der Waals surface area contributed by atoms with Gasteiger partial charge in [0.25, 0.3) is 0 Å². The normalized spacial score (nSPS) is 10.6. The first-order valence-corrected chi connectivity index (χ1v) is 6.85. The Morgan fingerprint density at radius 3 is 2.62 bits per heavy atom. The van der Waals surface area contributed by atoms with Crippen molar-refractivity contribution in [1.29, 1.82) is 0 Å². The molecule has 0 aliphatic carbocycles. The van der Waals surface area contributed by atoms with Crippen molar-refractivity contribution >= 4 is 33.8 Å². The molecule has 0 bridgehead atoms. The van der Waals surface area contributed by atoms with Crippen LogP contribution in [0.25, 0.3) is 0 Å². The molecule has 5 nitrogen and oxygen atoms in total. The van der Waals surface area contributed by atoms with Gasteiger partial charge < -0.3 is 9.84 Å². The molecule has 0 aliphatic rings. The number of halogens is 1. The van der Waals surface area contributed by atoms with Crippen LogP contribution in [0.2, 0.25) is 0 Å². The first-order valence-electron chi connectivity index (χ1n) is 6.06. The van der Waals surface area contributed by atoms with Crippen LogP contribution in [0, 0.1) is 0 Å². The molecule has 0 aromatic heterocycles. The van der Waals surface area contributed by atoms with E-state index in [-0.39, 0.29) is 5.56 Å².